The summed E-state index contributed by atoms with van der Waals surface area (Å²) in [5.41, 5.74) is 4.50. The van der Waals surface area contributed by atoms with Gasteiger partial charge in [-0.1, -0.05) is 42.5 Å². The highest BCUT2D eigenvalue weighted by Crippen LogP contribution is 2.43. The molecule has 0 spiro atoms. The molecule has 1 fully saturated rings. The molecule has 6 nitrogen and oxygen atoms in total. The van der Waals surface area contributed by atoms with E-state index in [1.165, 1.54) is 11.1 Å². The Morgan fingerprint density at radius 1 is 1.03 bits per heavy atom. The molecular formula is C26H31N3O3. The van der Waals surface area contributed by atoms with Crippen LogP contribution in [0, 0.1) is 0 Å². The Kier molecular flexibility index (Phi) is 5.87. The number of hydrogen-bond acceptors (Lipinski definition) is 4. The zero-order valence-electron chi connectivity index (χ0n) is 18.6. The SMILES string of the molecule is CCOC(=O)N1CCC(NC2c3ccccc3C(=O)N2C2CCCc3ccccc32)CC1. The normalized spacial score (nSPS) is 23.1. The third-order valence-corrected chi connectivity index (χ3v) is 7.09. The minimum absolute atomic E-state index is 0.0805. The van der Waals surface area contributed by atoms with E-state index >= 15 is 0 Å². The molecule has 2 unspecified atom stereocenters. The van der Waals surface area contributed by atoms with Crippen molar-refractivity contribution in [2.75, 3.05) is 19.7 Å². The third kappa shape index (κ3) is 3.77. The van der Waals surface area contributed by atoms with Crippen LogP contribution in [-0.2, 0) is 11.2 Å². The Morgan fingerprint density at radius 3 is 2.53 bits per heavy atom. The van der Waals surface area contributed by atoms with E-state index in [1.54, 1.807) is 4.90 Å². The van der Waals surface area contributed by atoms with Crippen LogP contribution >= 0.6 is 0 Å². The van der Waals surface area contributed by atoms with Crippen molar-refractivity contribution in [2.24, 2.45) is 0 Å². The molecule has 3 aliphatic rings. The number of carbonyl (C=O) groups excluding carboxylic acids is 2. The van der Waals surface area contributed by atoms with Crippen molar-refractivity contribution in [2.45, 2.75) is 57.3 Å². The predicted molar refractivity (Wildman–Crippen MR) is 122 cm³/mol. The molecule has 6 heteroatoms. The Balaban J connectivity index is 1.39. The monoisotopic (exact) mass is 433 g/mol. The first-order valence-corrected chi connectivity index (χ1v) is 11.8. The molecule has 0 bridgehead atoms. The summed E-state index contributed by atoms with van der Waals surface area (Å²) in [6.07, 6.45) is 4.47. The second-order valence-corrected chi connectivity index (χ2v) is 8.94. The number of aryl methyl sites for hydroxylation is 1. The number of amides is 2. The molecule has 5 rings (SSSR count). The largest absolute Gasteiger partial charge is 0.450 e. The molecule has 2 aromatic rings. The van der Waals surface area contributed by atoms with E-state index in [-0.39, 0.29) is 30.2 Å². The molecule has 2 aromatic carbocycles. The molecule has 32 heavy (non-hydrogen) atoms. The highest BCUT2D eigenvalue weighted by molar-refractivity contribution is 5.99. The van der Waals surface area contributed by atoms with E-state index in [2.05, 4.69) is 40.5 Å². The second kappa shape index (κ2) is 8.94. The number of nitrogens with one attached hydrogen (secondary N) is 1. The van der Waals surface area contributed by atoms with Gasteiger partial charge in [-0.05, 0) is 56.2 Å². The average molecular weight is 434 g/mol. The zero-order valence-corrected chi connectivity index (χ0v) is 18.6. The van der Waals surface area contributed by atoms with Gasteiger partial charge in [-0.25, -0.2) is 4.79 Å². The number of ether oxygens (including phenoxy) is 1. The molecular weight excluding hydrogens is 402 g/mol. The smallest absolute Gasteiger partial charge is 0.409 e. The van der Waals surface area contributed by atoms with Crippen LogP contribution in [0.1, 0.15) is 71.9 Å². The Morgan fingerprint density at radius 2 is 1.75 bits per heavy atom. The lowest BCUT2D eigenvalue weighted by atomic mass is 9.86. The number of likely N-dealkylation sites (tertiary alicyclic amines) is 1. The average Bonchev–Trinajstić information content (AvgIpc) is 3.11. The van der Waals surface area contributed by atoms with Crippen molar-refractivity contribution in [3.8, 4) is 0 Å². The molecule has 1 saturated heterocycles. The summed E-state index contributed by atoms with van der Waals surface area (Å²) in [5.74, 6) is 0.115. The summed E-state index contributed by atoms with van der Waals surface area (Å²) in [6, 6.07) is 16.9. The molecule has 2 aliphatic heterocycles. The van der Waals surface area contributed by atoms with E-state index in [4.69, 9.17) is 4.74 Å². The van der Waals surface area contributed by atoms with E-state index in [9.17, 15) is 9.59 Å². The molecule has 1 aliphatic carbocycles. The van der Waals surface area contributed by atoms with E-state index < -0.39 is 0 Å². The van der Waals surface area contributed by atoms with Crippen LogP contribution in [0.5, 0.6) is 0 Å². The van der Waals surface area contributed by atoms with Crippen molar-refractivity contribution in [3.05, 3.63) is 70.8 Å². The first kappa shape index (κ1) is 21.0. The Bertz CT molecular complexity index is 999. The van der Waals surface area contributed by atoms with Gasteiger partial charge in [-0.15, -0.1) is 0 Å². The van der Waals surface area contributed by atoms with Crippen molar-refractivity contribution in [1.29, 1.82) is 0 Å². The van der Waals surface area contributed by atoms with Gasteiger partial charge in [0.05, 0.1) is 12.6 Å². The fourth-order valence-electron chi connectivity index (χ4n) is 5.51. The molecule has 2 amide bonds. The van der Waals surface area contributed by atoms with Crippen molar-refractivity contribution >= 4 is 12.0 Å². The fraction of sp³-hybridized carbons (Fsp3) is 0.462. The summed E-state index contributed by atoms with van der Waals surface area (Å²) in [4.78, 5) is 29.5. The molecule has 2 heterocycles. The quantitative estimate of drug-likeness (QED) is 0.775. The number of benzene rings is 2. The standard InChI is InChI=1S/C26H31N3O3/c1-2-32-26(31)28-16-14-19(15-17-28)27-24-21-11-5-6-12-22(21)25(30)29(24)23-13-7-9-18-8-3-4-10-20(18)23/h3-6,8,10-12,19,23-24,27H,2,7,9,13-17H2,1H3. The van der Waals surface area contributed by atoms with Crippen LogP contribution in [0.25, 0.3) is 0 Å². The lowest BCUT2D eigenvalue weighted by molar-refractivity contribution is 0.0504. The van der Waals surface area contributed by atoms with E-state index in [1.807, 2.05) is 25.1 Å². The highest BCUT2D eigenvalue weighted by atomic mass is 16.6. The molecule has 0 radical (unpaired) electrons. The van der Waals surface area contributed by atoms with Gasteiger partial charge >= 0.3 is 6.09 Å². The van der Waals surface area contributed by atoms with Gasteiger partial charge < -0.3 is 14.5 Å². The van der Waals surface area contributed by atoms with Crippen molar-refractivity contribution < 1.29 is 14.3 Å². The van der Waals surface area contributed by atoms with Gasteiger partial charge in [0.2, 0.25) is 0 Å². The molecule has 1 N–H and O–H groups in total. The maximum absolute atomic E-state index is 13.6. The summed E-state index contributed by atoms with van der Waals surface area (Å²) in [6.45, 7) is 3.57. The maximum Gasteiger partial charge on any atom is 0.409 e. The first-order valence-electron chi connectivity index (χ1n) is 11.8. The summed E-state index contributed by atoms with van der Waals surface area (Å²) >= 11 is 0. The molecule has 0 saturated carbocycles. The van der Waals surface area contributed by atoms with Crippen LogP contribution in [0.4, 0.5) is 4.79 Å². The van der Waals surface area contributed by atoms with Gasteiger partial charge in [0, 0.05) is 30.3 Å². The topological polar surface area (TPSA) is 61.9 Å². The van der Waals surface area contributed by atoms with Crippen LogP contribution in [0.2, 0.25) is 0 Å². The first-order chi connectivity index (χ1) is 15.7. The minimum atomic E-state index is -0.229. The molecule has 2 atom stereocenters. The summed E-state index contributed by atoms with van der Waals surface area (Å²) in [5, 5.41) is 3.80. The predicted octanol–water partition coefficient (Wildman–Crippen LogP) is 4.43. The Hall–Kier alpha value is -2.86. The summed E-state index contributed by atoms with van der Waals surface area (Å²) < 4.78 is 5.15. The van der Waals surface area contributed by atoms with Gasteiger partial charge in [0.25, 0.3) is 5.91 Å². The van der Waals surface area contributed by atoms with Crippen LogP contribution < -0.4 is 5.32 Å². The second-order valence-electron chi connectivity index (χ2n) is 8.94. The van der Waals surface area contributed by atoms with Crippen LogP contribution in [0.3, 0.4) is 0 Å². The van der Waals surface area contributed by atoms with Gasteiger partial charge in [0.1, 0.15) is 6.17 Å². The number of nitrogens with zero attached hydrogens (tertiary/aromatic N) is 2. The highest BCUT2D eigenvalue weighted by Gasteiger charge is 2.43. The number of rotatable bonds is 4. The lowest BCUT2D eigenvalue weighted by Crippen LogP contribution is -2.49. The maximum atomic E-state index is 13.6. The zero-order chi connectivity index (χ0) is 22.1. The van der Waals surface area contributed by atoms with Crippen LogP contribution in [-0.4, -0.2) is 47.5 Å². The van der Waals surface area contributed by atoms with Crippen molar-refractivity contribution in [3.63, 3.8) is 0 Å². The lowest BCUT2D eigenvalue weighted by Gasteiger charge is -2.40. The fourth-order valence-corrected chi connectivity index (χ4v) is 5.51. The van der Waals surface area contributed by atoms with Crippen LogP contribution in [0.15, 0.2) is 48.5 Å². The summed E-state index contributed by atoms with van der Waals surface area (Å²) in [7, 11) is 0. The minimum Gasteiger partial charge on any atom is -0.450 e. The number of piperidine rings is 1. The van der Waals surface area contributed by atoms with Gasteiger partial charge in [0.15, 0.2) is 0 Å². The van der Waals surface area contributed by atoms with E-state index in [0.29, 0.717) is 19.7 Å². The number of carbonyl (C=O) groups is 2. The van der Waals surface area contributed by atoms with Crippen molar-refractivity contribution in [1.82, 2.24) is 15.1 Å². The van der Waals surface area contributed by atoms with Gasteiger partial charge in [-0.2, -0.15) is 0 Å². The number of hydrogen-bond donors (Lipinski definition) is 1. The molecule has 0 aromatic heterocycles. The number of fused-ring (bicyclic) bond motifs is 2. The van der Waals surface area contributed by atoms with Gasteiger partial charge in [-0.3, -0.25) is 10.1 Å². The molecule has 168 valence electrons. The Labute approximate surface area is 189 Å². The van der Waals surface area contributed by atoms with E-state index in [0.717, 1.165) is 43.2 Å². The third-order valence-electron chi connectivity index (χ3n) is 7.09.